The second-order valence-corrected chi connectivity index (χ2v) is 4.65. The molecule has 124 valence electrons. The first kappa shape index (κ1) is 20.2. The molecule has 3 N–H and O–H groups in total. The van der Waals surface area contributed by atoms with Gasteiger partial charge in [-0.05, 0) is 24.3 Å². The predicted molar refractivity (Wildman–Crippen MR) is 86.4 cm³/mol. The zero-order valence-corrected chi connectivity index (χ0v) is 13.7. The Morgan fingerprint density at radius 2 is 1.86 bits per heavy atom. The van der Waals surface area contributed by atoms with Crippen LogP contribution in [-0.2, 0) is 14.3 Å². The van der Waals surface area contributed by atoms with E-state index in [2.05, 4.69) is 5.32 Å². The van der Waals surface area contributed by atoms with Gasteiger partial charge < -0.3 is 25.4 Å². The van der Waals surface area contributed by atoms with E-state index in [4.69, 9.17) is 15.2 Å². The number of nitrogens with two attached hydrogens (primary N) is 1. The van der Waals surface area contributed by atoms with Crippen LogP contribution in [0.15, 0.2) is 24.3 Å². The molecule has 0 fully saturated rings. The van der Waals surface area contributed by atoms with Crippen LogP contribution < -0.4 is 15.8 Å². The number of hydrogen-bond acceptors (Lipinski definition) is 5. The van der Waals surface area contributed by atoms with Gasteiger partial charge in [-0.2, -0.15) is 0 Å². The first-order valence-electron chi connectivity index (χ1n) is 6.42. The van der Waals surface area contributed by atoms with Gasteiger partial charge >= 0.3 is 0 Å². The van der Waals surface area contributed by atoms with Gasteiger partial charge in [0, 0.05) is 26.9 Å². The largest absolute Gasteiger partial charge is 0.484 e. The number of likely N-dealkylation sites (N-methyl/N-ethyl adjacent to an activating group) is 1. The van der Waals surface area contributed by atoms with Gasteiger partial charge in [0.1, 0.15) is 11.8 Å². The molecule has 2 amide bonds. The van der Waals surface area contributed by atoms with Crippen molar-refractivity contribution in [3.05, 3.63) is 24.3 Å². The highest BCUT2D eigenvalue weighted by molar-refractivity contribution is 5.94. The molecule has 0 saturated carbocycles. The van der Waals surface area contributed by atoms with Crippen molar-refractivity contribution in [3.8, 4) is 5.75 Å². The monoisotopic (exact) mass is 331 g/mol. The number of nitrogens with one attached hydrogen (secondary N) is 1. The molecule has 8 heteroatoms. The third-order valence-electron chi connectivity index (χ3n) is 2.67. The molecular formula is C14H22ClN3O4. The Bertz CT molecular complexity index is 479. The second-order valence-electron chi connectivity index (χ2n) is 4.65. The topological polar surface area (TPSA) is 93.9 Å². The summed E-state index contributed by atoms with van der Waals surface area (Å²) < 4.78 is 10.1. The maximum absolute atomic E-state index is 11.7. The van der Waals surface area contributed by atoms with Crippen molar-refractivity contribution >= 4 is 29.9 Å². The van der Waals surface area contributed by atoms with E-state index in [0.717, 1.165) is 0 Å². The first-order chi connectivity index (χ1) is 9.93. The van der Waals surface area contributed by atoms with Gasteiger partial charge in [0.15, 0.2) is 6.61 Å². The highest BCUT2D eigenvalue weighted by atomic mass is 35.5. The molecule has 0 aromatic heterocycles. The molecule has 1 aromatic carbocycles. The van der Waals surface area contributed by atoms with Crippen LogP contribution in [0.3, 0.4) is 0 Å². The average molecular weight is 332 g/mol. The lowest BCUT2D eigenvalue weighted by Crippen LogP contribution is -2.39. The molecule has 7 nitrogen and oxygen atoms in total. The van der Waals surface area contributed by atoms with Crippen LogP contribution in [0.2, 0.25) is 0 Å². The van der Waals surface area contributed by atoms with Gasteiger partial charge in [-0.25, -0.2) is 0 Å². The van der Waals surface area contributed by atoms with Crippen molar-refractivity contribution in [2.24, 2.45) is 5.73 Å². The molecule has 0 bridgehead atoms. The SMILES string of the molecule is COCC(N)C(=O)Nc1ccc(OCC(=O)N(C)C)cc1.Cl. The van der Waals surface area contributed by atoms with Crippen LogP contribution in [0.25, 0.3) is 0 Å². The van der Waals surface area contributed by atoms with Gasteiger partial charge in [0.2, 0.25) is 5.91 Å². The van der Waals surface area contributed by atoms with E-state index in [-0.39, 0.29) is 37.4 Å². The fraction of sp³-hybridized carbons (Fsp3) is 0.429. The quantitative estimate of drug-likeness (QED) is 0.758. The summed E-state index contributed by atoms with van der Waals surface area (Å²) in [5, 5.41) is 2.66. The number of anilines is 1. The molecule has 0 aliphatic carbocycles. The molecule has 1 rings (SSSR count). The second kappa shape index (κ2) is 9.99. The Balaban J connectivity index is 0.00000441. The minimum Gasteiger partial charge on any atom is -0.484 e. The number of nitrogens with zero attached hydrogens (tertiary/aromatic N) is 1. The van der Waals surface area contributed by atoms with Crippen LogP contribution in [-0.4, -0.2) is 57.2 Å². The minimum absolute atomic E-state index is 0. The van der Waals surface area contributed by atoms with Crippen molar-refractivity contribution in [1.82, 2.24) is 4.90 Å². The van der Waals surface area contributed by atoms with E-state index in [1.54, 1.807) is 38.4 Å². The van der Waals surface area contributed by atoms with Crippen LogP contribution in [0.4, 0.5) is 5.69 Å². The number of amides is 2. The Hall–Kier alpha value is -1.83. The third kappa shape index (κ3) is 6.75. The fourth-order valence-corrected chi connectivity index (χ4v) is 1.40. The van der Waals surface area contributed by atoms with Crippen molar-refractivity contribution < 1.29 is 19.1 Å². The number of ether oxygens (including phenoxy) is 2. The lowest BCUT2D eigenvalue weighted by molar-refractivity contribution is -0.130. The predicted octanol–water partition coefficient (Wildman–Crippen LogP) is 0.488. The molecular weight excluding hydrogens is 310 g/mol. The van der Waals surface area contributed by atoms with E-state index in [1.807, 2.05) is 0 Å². The number of rotatable bonds is 7. The minimum atomic E-state index is -0.719. The smallest absolute Gasteiger partial charge is 0.259 e. The zero-order chi connectivity index (χ0) is 15.8. The number of methoxy groups -OCH3 is 1. The third-order valence-corrected chi connectivity index (χ3v) is 2.67. The average Bonchev–Trinajstić information content (AvgIpc) is 2.46. The highest BCUT2D eigenvalue weighted by Crippen LogP contribution is 2.15. The van der Waals surface area contributed by atoms with Crippen LogP contribution in [0.5, 0.6) is 5.75 Å². The van der Waals surface area contributed by atoms with E-state index in [1.165, 1.54) is 12.0 Å². The number of benzene rings is 1. The van der Waals surface area contributed by atoms with Gasteiger partial charge in [0.05, 0.1) is 6.61 Å². The van der Waals surface area contributed by atoms with Crippen LogP contribution in [0, 0.1) is 0 Å². The molecule has 1 aromatic rings. The van der Waals surface area contributed by atoms with Gasteiger partial charge in [0.25, 0.3) is 5.91 Å². The summed E-state index contributed by atoms with van der Waals surface area (Å²) in [4.78, 5) is 24.5. The Kier molecular flexibility index (Phi) is 9.16. The summed E-state index contributed by atoms with van der Waals surface area (Å²) in [6.07, 6.45) is 0. The lowest BCUT2D eigenvalue weighted by Gasteiger charge is -2.13. The van der Waals surface area contributed by atoms with Crippen molar-refractivity contribution in [2.45, 2.75) is 6.04 Å². The van der Waals surface area contributed by atoms with Crippen molar-refractivity contribution in [1.29, 1.82) is 0 Å². The molecule has 0 radical (unpaired) electrons. The van der Waals surface area contributed by atoms with Gasteiger partial charge in [-0.15, -0.1) is 12.4 Å². The van der Waals surface area contributed by atoms with Gasteiger partial charge in [-0.3, -0.25) is 9.59 Å². The summed E-state index contributed by atoms with van der Waals surface area (Å²) in [7, 11) is 4.80. The molecule has 22 heavy (non-hydrogen) atoms. The zero-order valence-electron chi connectivity index (χ0n) is 12.9. The van der Waals surface area contributed by atoms with E-state index in [9.17, 15) is 9.59 Å². The van der Waals surface area contributed by atoms with E-state index in [0.29, 0.717) is 11.4 Å². The van der Waals surface area contributed by atoms with Crippen molar-refractivity contribution in [3.63, 3.8) is 0 Å². The maximum Gasteiger partial charge on any atom is 0.259 e. The molecule has 0 heterocycles. The fourth-order valence-electron chi connectivity index (χ4n) is 1.40. The number of hydrogen-bond donors (Lipinski definition) is 2. The molecule has 1 atom stereocenters. The van der Waals surface area contributed by atoms with E-state index < -0.39 is 6.04 Å². The first-order valence-corrected chi connectivity index (χ1v) is 6.42. The molecule has 0 saturated heterocycles. The molecule has 1 unspecified atom stereocenters. The molecule has 0 aliphatic heterocycles. The van der Waals surface area contributed by atoms with Crippen molar-refractivity contribution in [2.75, 3.05) is 39.7 Å². The Morgan fingerprint density at radius 3 is 2.36 bits per heavy atom. The van der Waals surface area contributed by atoms with Crippen LogP contribution >= 0.6 is 12.4 Å². The number of carbonyl (C=O) groups excluding carboxylic acids is 2. The molecule has 0 aliphatic rings. The summed E-state index contributed by atoms with van der Waals surface area (Å²) in [5.74, 6) is 0.0932. The lowest BCUT2D eigenvalue weighted by atomic mass is 10.2. The number of halogens is 1. The summed E-state index contributed by atoms with van der Waals surface area (Å²) >= 11 is 0. The van der Waals surface area contributed by atoms with Crippen LogP contribution in [0.1, 0.15) is 0 Å². The van der Waals surface area contributed by atoms with E-state index >= 15 is 0 Å². The maximum atomic E-state index is 11.7. The summed E-state index contributed by atoms with van der Waals surface area (Å²) in [6.45, 7) is 0.122. The highest BCUT2D eigenvalue weighted by Gasteiger charge is 2.13. The number of carbonyl (C=O) groups is 2. The summed E-state index contributed by atoms with van der Waals surface area (Å²) in [5.41, 5.74) is 6.21. The Labute approximate surface area is 136 Å². The van der Waals surface area contributed by atoms with Gasteiger partial charge in [-0.1, -0.05) is 0 Å². The normalized spacial score (nSPS) is 11.1. The molecule has 0 spiro atoms. The Morgan fingerprint density at radius 1 is 1.27 bits per heavy atom. The summed E-state index contributed by atoms with van der Waals surface area (Å²) in [6, 6.07) is 5.96. The standard InChI is InChI=1S/C14H21N3O4.ClH/c1-17(2)13(18)9-21-11-6-4-10(5-7-11)16-14(19)12(15)8-20-3;/h4-7,12H,8-9,15H2,1-3H3,(H,16,19);1H.